The average molecular weight is 258 g/mol. The minimum Gasteiger partial charge on any atom is -0.495 e. The van der Waals surface area contributed by atoms with Gasteiger partial charge >= 0.3 is 0 Å². The molecule has 1 rings (SSSR count). The number of benzene rings is 1. The van der Waals surface area contributed by atoms with E-state index >= 15 is 0 Å². The van der Waals surface area contributed by atoms with E-state index in [9.17, 15) is 5.11 Å². The van der Waals surface area contributed by atoms with Crippen LogP contribution in [-0.2, 0) is 0 Å². The number of hydrogen-bond acceptors (Lipinski definition) is 3. The number of nitrogens with two attached hydrogens (primary N) is 1. The van der Waals surface area contributed by atoms with Gasteiger partial charge in [0.2, 0.25) is 0 Å². The molecule has 0 amide bonds. The molecule has 2 unspecified atom stereocenters. The Balaban J connectivity index is 2.99. The molecule has 0 fully saturated rings. The quantitative estimate of drug-likeness (QED) is 0.853. The standard InChI is InChI=1S/C13H20ClNO2/c1-8(2)10(7-15)13(16)9-4-5-11(14)12(6-9)17-3/h4-6,8,10,13,16H,7,15H2,1-3H3. The summed E-state index contributed by atoms with van der Waals surface area (Å²) in [5.74, 6) is 0.917. The largest absolute Gasteiger partial charge is 0.495 e. The van der Waals surface area contributed by atoms with Crippen LogP contribution in [0.25, 0.3) is 0 Å². The van der Waals surface area contributed by atoms with Crippen LogP contribution in [0.4, 0.5) is 0 Å². The molecule has 4 heteroatoms. The van der Waals surface area contributed by atoms with Crippen LogP contribution in [0.3, 0.4) is 0 Å². The summed E-state index contributed by atoms with van der Waals surface area (Å²) in [6, 6.07) is 5.30. The van der Waals surface area contributed by atoms with Crippen LogP contribution in [-0.4, -0.2) is 18.8 Å². The first-order valence-corrected chi connectivity index (χ1v) is 6.10. The van der Waals surface area contributed by atoms with Crippen molar-refractivity contribution in [2.45, 2.75) is 20.0 Å². The fraction of sp³-hybridized carbons (Fsp3) is 0.538. The summed E-state index contributed by atoms with van der Waals surface area (Å²) in [5.41, 5.74) is 6.48. The van der Waals surface area contributed by atoms with Gasteiger partial charge in [-0.25, -0.2) is 0 Å². The molecule has 0 aliphatic rings. The van der Waals surface area contributed by atoms with E-state index in [-0.39, 0.29) is 5.92 Å². The Kier molecular flexibility index (Phi) is 5.25. The van der Waals surface area contributed by atoms with Crippen LogP contribution in [0.15, 0.2) is 18.2 Å². The smallest absolute Gasteiger partial charge is 0.137 e. The average Bonchev–Trinajstić information content (AvgIpc) is 2.29. The van der Waals surface area contributed by atoms with Gasteiger partial charge in [-0.15, -0.1) is 0 Å². The van der Waals surface area contributed by atoms with Crippen LogP contribution in [0.1, 0.15) is 25.5 Å². The Bertz CT molecular complexity index is 368. The first-order chi connectivity index (χ1) is 8.01. The molecule has 0 radical (unpaired) electrons. The molecule has 0 aromatic heterocycles. The third kappa shape index (κ3) is 3.35. The zero-order valence-corrected chi connectivity index (χ0v) is 11.2. The van der Waals surface area contributed by atoms with E-state index < -0.39 is 6.10 Å². The molecular weight excluding hydrogens is 238 g/mol. The maximum absolute atomic E-state index is 10.3. The van der Waals surface area contributed by atoms with Crippen molar-refractivity contribution in [3.8, 4) is 5.75 Å². The zero-order chi connectivity index (χ0) is 13.0. The maximum atomic E-state index is 10.3. The molecule has 0 saturated heterocycles. The molecular formula is C13H20ClNO2. The lowest BCUT2D eigenvalue weighted by atomic mass is 9.86. The number of halogens is 1. The first-order valence-electron chi connectivity index (χ1n) is 5.72. The lowest BCUT2D eigenvalue weighted by molar-refractivity contribution is 0.0859. The molecule has 3 N–H and O–H groups in total. The molecule has 1 aromatic carbocycles. The zero-order valence-electron chi connectivity index (χ0n) is 10.5. The van der Waals surface area contributed by atoms with Gasteiger partial charge in [-0.3, -0.25) is 0 Å². The summed E-state index contributed by atoms with van der Waals surface area (Å²) in [6.45, 7) is 4.55. The van der Waals surface area contributed by atoms with Gasteiger partial charge in [0.05, 0.1) is 18.2 Å². The molecule has 2 atom stereocenters. The van der Waals surface area contributed by atoms with E-state index in [1.54, 1.807) is 25.3 Å². The van der Waals surface area contributed by atoms with Gasteiger partial charge in [0.1, 0.15) is 5.75 Å². The Morgan fingerprint density at radius 3 is 2.53 bits per heavy atom. The van der Waals surface area contributed by atoms with Crippen molar-refractivity contribution in [3.05, 3.63) is 28.8 Å². The highest BCUT2D eigenvalue weighted by Crippen LogP contribution is 2.32. The Labute approximate surface area is 108 Å². The van der Waals surface area contributed by atoms with Crippen molar-refractivity contribution >= 4 is 11.6 Å². The fourth-order valence-electron chi connectivity index (χ4n) is 1.87. The third-order valence-electron chi connectivity index (χ3n) is 3.05. The van der Waals surface area contributed by atoms with Crippen LogP contribution < -0.4 is 10.5 Å². The molecule has 17 heavy (non-hydrogen) atoms. The second kappa shape index (κ2) is 6.24. The first kappa shape index (κ1) is 14.3. The van der Waals surface area contributed by atoms with Gasteiger partial charge in [0.15, 0.2) is 0 Å². The predicted molar refractivity (Wildman–Crippen MR) is 70.3 cm³/mol. The van der Waals surface area contributed by atoms with Crippen LogP contribution >= 0.6 is 11.6 Å². The number of hydrogen-bond donors (Lipinski definition) is 2. The number of ether oxygens (including phenoxy) is 1. The van der Waals surface area contributed by atoms with Gasteiger partial charge in [-0.2, -0.15) is 0 Å². The van der Waals surface area contributed by atoms with E-state index in [4.69, 9.17) is 22.1 Å². The van der Waals surface area contributed by atoms with Gasteiger partial charge in [0.25, 0.3) is 0 Å². The number of rotatable bonds is 5. The normalized spacial score (nSPS) is 14.8. The molecule has 0 saturated carbocycles. The van der Waals surface area contributed by atoms with E-state index in [2.05, 4.69) is 0 Å². The minimum absolute atomic E-state index is 0.0286. The van der Waals surface area contributed by atoms with E-state index in [1.807, 2.05) is 13.8 Å². The second-order valence-electron chi connectivity index (χ2n) is 4.48. The molecule has 0 aliphatic heterocycles. The SMILES string of the molecule is COc1cc(C(O)C(CN)C(C)C)ccc1Cl. The van der Waals surface area contributed by atoms with Gasteiger partial charge in [0, 0.05) is 5.92 Å². The topological polar surface area (TPSA) is 55.5 Å². The van der Waals surface area contributed by atoms with E-state index in [1.165, 1.54) is 0 Å². The number of aliphatic hydroxyl groups is 1. The van der Waals surface area contributed by atoms with Gasteiger partial charge in [-0.1, -0.05) is 31.5 Å². The number of aliphatic hydroxyl groups excluding tert-OH is 1. The van der Waals surface area contributed by atoms with Crippen molar-refractivity contribution in [1.29, 1.82) is 0 Å². The van der Waals surface area contributed by atoms with Crippen molar-refractivity contribution in [2.75, 3.05) is 13.7 Å². The highest BCUT2D eigenvalue weighted by atomic mass is 35.5. The summed E-state index contributed by atoms with van der Waals surface area (Å²) in [5, 5.41) is 10.8. The van der Waals surface area contributed by atoms with Crippen LogP contribution in [0.5, 0.6) is 5.75 Å². The van der Waals surface area contributed by atoms with Crippen LogP contribution in [0, 0.1) is 11.8 Å². The Morgan fingerprint density at radius 1 is 1.41 bits per heavy atom. The molecule has 0 bridgehead atoms. The van der Waals surface area contributed by atoms with Crippen molar-refractivity contribution in [2.24, 2.45) is 17.6 Å². The monoisotopic (exact) mass is 257 g/mol. The highest BCUT2D eigenvalue weighted by Gasteiger charge is 2.23. The minimum atomic E-state index is -0.592. The maximum Gasteiger partial charge on any atom is 0.137 e. The summed E-state index contributed by atoms with van der Waals surface area (Å²) in [7, 11) is 1.56. The number of methoxy groups -OCH3 is 1. The van der Waals surface area contributed by atoms with E-state index in [0.29, 0.717) is 23.2 Å². The van der Waals surface area contributed by atoms with Crippen molar-refractivity contribution in [1.82, 2.24) is 0 Å². The lowest BCUT2D eigenvalue weighted by Gasteiger charge is -2.25. The van der Waals surface area contributed by atoms with Crippen molar-refractivity contribution in [3.63, 3.8) is 0 Å². The molecule has 0 heterocycles. The fourth-order valence-corrected chi connectivity index (χ4v) is 2.07. The molecule has 1 aromatic rings. The Hall–Kier alpha value is -0.770. The summed E-state index contributed by atoms with van der Waals surface area (Å²) >= 11 is 5.95. The highest BCUT2D eigenvalue weighted by molar-refractivity contribution is 6.32. The van der Waals surface area contributed by atoms with Gasteiger partial charge < -0.3 is 15.6 Å². The molecule has 0 aliphatic carbocycles. The van der Waals surface area contributed by atoms with Crippen molar-refractivity contribution < 1.29 is 9.84 Å². The summed E-state index contributed by atoms with van der Waals surface area (Å²) in [6.07, 6.45) is -0.592. The second-order valence-corrected chi connectivity index (χ2v) is 4.89. The predicted octanol–water partition coefficient (Wildman–Crippen LogP) is 2.61. The molecule has 3 nitrogen and oxygen atoms in total. The molecule has 96 valence electrons. The summed E-state index contributed by atoms with van der Waals surface area (Å²) < 4.78 is 5.14. The van der Waals surface area contributed by atoms with Gasteiger partial charge in [-0.05, 0) is 30.2 Å². The molecule has 0 spiro atoms. The van der Waals surface area contributed by atoms with Crippen LogP contribution in [0.2, 0.25) is 5.02 Å². The lowest BCUT2D eigenvalue weighted by Crippen LogP contribution is -2.26. The van der Waals surface area contributed by atoms with E-state index in [0.717, 1.165) is 5.56 Å². The summed E-state index contributed by atoms with van der Waals surface area (Å²) in [4.78, 5) is 0. The third-order valence-corrected chi connectivity index (χ3v) is 3.36. The Morgan fingerprint density at radius 2 is 2.06 bits per heavy atom.